The number of hydrogen-bond acceptors (Lipinski definition) is 4. The summed E-state index contributed by atoms with van der Waals surface area (Å²) >= 11 is 0. The van der Waals surface area contributed by atoms with E-state index in [0.717, 1.165) is 11.1 Å². The molecule has 0 aliphatic heterocycles. The number of nitrogens with zero attached hydrogens (tertiary/aromatic N) is 4. The summed E-state index contributed by atoms with van der Waals surface area (Å²) in [5, 5.41) is 2.01. The molecule has 0 saturated heterocycles. The molecule has 0 bridgehead atoms. The second-order valence-corrected chi connectivity index (χ2v) is 6.20. The summed E-state index contributed by atoms with van der Waals surface area (Å²) in [6.07, 6.45) is 2.82. The van der Waals surface area contributed by atoms with Crippen LogP contribution in [-0.2, 0) is 0 Å². The van der Waals surface area contributed by atoms with Gasteiger partial charge in [-0.1, -0.05) is 12.1 Å². The molecule has 4 heterocycles. The number of carbonyl (C=O) groups excluding carboxylic acids is 1. The van der Waals surface area contributed by atoms with E-state index in [9.17, 15) is 18.0 Å². The molecule has 0 aliphatic rings. The third kappa shape index (κ3) is 3.66. The van der Waals surface area contributed by atoms with Crippen LogP contribution >= 0.6 is 0 Å². The first-order valence-electron chi connectivity index (χ1n) is 8.60. The van der Waals surface area contributed by atoms with Crippen LogP contribution in [0.15, 0.2) is 73.4 Å². The first-order valence-corrected chi connectivity index (χ1v) is 8.60. The molecule has 6 nitrogen and oxygen atoms in total. The van der Waals surface area contributed by atoms with Crippen LogP contribution in [0.4, 0.5) is 13.2 Å². The molecular weight excluding hydrogens is 383 g/mol. The zero-order valence-corrected chi connectivity index (χ0v) is 14.8. The average Bonchev–Trinajstić information content (AvgIpc) is 3.16. The van der Waals surface area contributed by atoms with E-state index in [1.54, 1.807) is 36.8 Å². The number of nitrogens with one attached hydrogen (secondary N) is 1. The zero-order valence-electron chi connectivity index (χ0n) is 14.8. The number of imidazole rings is 1. The maximum absolute atomic E-state index is 13.5. The fourth-order valence-corrected chi connectivity index (χ4v) is 3.03. The molecule has 0 saturated carbocycles. The molecule has 1 unspecified atom stereocenters. The molecule has 9 heteroatoms. The van der Waals surface area contributed by atoms with Crippen molar-refractivity contribution in [2.75, 3.05) is 0 Å². The summed E-state index contributed by atoms with van der Waals surface area (Å²) in [4.78, 5) is 24.4. The van der Waals surface area contributed by atoms with Crippen LogP contribution in [0.3, 0.4) is 0 Å². The molecule has 0 aromatic carbocycles. The van der Waals surface area contributed by atoms with Gasteiger partial charge >= 0.3 is 6.18 Å². The van der Waals surface area contributed by atoms with Crippen LogP contribution in [0, 0.1) is 0 Å². The largest absolute Gasteiger partial charge is 0.414 e. The summed E-state index contributed by atoms with van der Waals surface area (Å²) in [7, 11) is 0. The number of hydrogen-bond donors (Lipinski definition) is 1. The molecule has 4 rings (SSSR count). The van der Waals surface area contributed by atoms with Gasteiger partial charge in [-0.15, -0.1) is 0 Å². The van der Waals surface area contributed by atoms with Crippen molar-refractivity contribution < 1.29 is 18.0 Å². The van der Waals surface area contributed by atoms with Crippen molar-refractivity contribution in [1.82, 2.24) is 24.7 Å². The highest BCUT2D eigenvalue weighted by atomic mass is 19.4. The van der Waals surface area contributed by atoms with Gasteiger partial charge in [0.15, 0.2) is 6.04 Å². The predicted octanol–water partition coefficient (Wildman–Crippen LogP) is 3.82. The molecule has 4 aromatic rings. The number of alkyl halides is 3. The number of fused-ring (bicyclic) bond motifs is 1. The first-order chi connectivity index (χ1) is 13.9. The summed E-state index contributed by atoms with van der Waals surface area (Å²) in [6.45, 7) is 0. The number of amides is 1. The van der Waals surface area contributed by atoms with Crippen LogP contribution in [0.5, 0.6) is 0 Å². The van der Waals surface area contributed by atoms with Crippen LogP contribution in [0.1, 0.15) is 22.4 Å². The molecule has 0 radical (unpaired) electrons. The maximum Gasteiger partial charge on any atom is 0.414 e. The van der Waals surface area contributed by atoms with Gasteiger partial charge in [0.2, 0.25) is 5.82 Å². The number of rotatable bonds is 4. The standard InChI is InChI=1S/C20H14F3N5O/c21-20(22,23)17(15-5-1-2-8-25-15)27-19(29)18-26-12-16-14(4-3-11-28(16)18)13-6-9-24-10-7-13/h1-12,17H,(H,27,29). The summed E-state index contributed by atoms with van der Waals surface area (Å²) < 4.78 is 42.0. The van der Waals surface area contributed by atoms with Gasteiger partial charge in [-0.3, -0.25) is 19.2 Å². The lowest BCUT2D eigenvalue weighted by Gasteiger charge is -2.20. The van der Waals surface area contributed by atoms with E-state index < -0.39 is 18.1 Å². The minimum atomic E-state index is -4.71. The van der Waals surface area contributed by atoms with Crippen molar-refractivity contribution in [2.24, 2.45) is 0 Å². The van der Waals surface area contributed by atoms with Crippen molar-refractivity contribution >= 4 is 11.4 Å². The molecule has 1 amide bonds. The average molecular weight is 397 g/mol. The van der Waals surface area contributed by atoms with E-state index in [1.807, 2.05) is 11.4 Å². The summed E-state index contributed by atoms with van der Waals surface area (Å²) in [5.41, 5.74) is 1.91. The SMILES string of the molecule is O=C(NC(c1ccccn1)C(F)(F)F)c1ncc2c(-c3ccncc3)cccn12. The molecular formula is C20H14F3N5O. The maximum atomic E-state index is 13.5. The quantitative estimate of drug-likeness (QED) is 0.568. The van der Waals surface area contributed by atoms with Crippen LogP contribution in [0.25, 0.3) is 16.6 Å². The molecule has 0 aliphatic carbocycles. The second-order valence-electron chi connectivity index (χ2n) is 6.20. The Labute approximate surface area is 163 Å². The minimum Gasteiger partial charge on any atom is -0.333 e. The first kappa shape index (κ1) is 18.6. The molecule has 0 spiro atoms. The Morgan fingerprint density at radius 1 is 1.00 bits per heavy atom. The van der Waals surface area contributed by atoms with Gasteiger partial charge in [0, 0.05) is 30.4 Å². The minimum absolute atomic E-state index is 0.152. The van der Waals surface area contributed by atoms with E-state index in [4.69, 9.17) is 0 Å². The fourth-order valence-electron chi connectivity index (χ4n) is 3.03. The lowest BCUT2D eigenvalue weighted by atomic mass is 10.1. The van der Waals surface area contributed by atoms with Crippen molar-refractivity contribution in [3.8, 4) is 11.1 Å². The van der Waals surface area contributed by atoms with Gasteiger partial charge in [0.1, 0.15) is 0 Å². The molecule has 1 N–H and O–H groups in total. The topological polar surface area (TPSA) is 72.2 Å². The Morgan fingerprint density at radius 3 is 2.48 bits per heavy atom. The number of pyridine rings is 3. The Kier molecular flexibility index (Phi) is 4.71. The van der Waals surface area contributed by atoms with Crippen molar-refractivity contribution in [2.45, 2.75) is 12.2 Å². The van der Waals surface area contributed by atoms with Crippen LogP contribution in [-0.4, -0.2) is 31.4 Å². The zero-order chi connectivity index (χ0) is 20.4. The third-order valence-corrected chi connectivity index (χ3v) is 4.35. The predicted molar refractivity (Wildman–Crippen MR) is 98.9 cm³/mol. The Hall–Kier alpha value is -3.75. The fraction of sp³-hybridized carbons (Fsp3) is 0.100. The van der Waals surface area contributed by atoms with Crippen molar-refractivity contribution in [1.29, 1.82) is 0 Å². The van der Waals surface area contributed by atoms with Gasteiger partial charge in [-0.25, -0.2) is 4.98 Å². The third-order valence-electron chi connectivity index (χ3n) is 4.35. The molecule has 146 valence electrons. The van der Waals surface area contributed by atoms with Crippen LogP contribution in [0.2, 0.25) is 0 Å². The van der Waals surface area contributed by atoms with E-state index in [2.05, 4.69) is 15.0 Å². The Bertz CT molecular complexity index is 1140. The number of aromatic nitrogens is 4. The van der Waals surface area contributed by atoms with Gasteiger partial charge in [-0.05, 0) is 35.9 Å². The second kappa shape index (κ2) is 7.34. The highest BCUT2D eigenvalue weighted by Crippen LogP contribution is 2.32. The smallest absolute Gasteiger partial charge is 0.333 e. The Morgan fingerprint density at radius 2 is 1.79 bits per heavy atom. The lowest BCUT2D eigenvalue weighted by molar-refractivity contribution is -0.156. The highest BCUT2D eigenvalue weighted by Gasteiger charge is 2.43. The highest BCUT2D eigenvalue weighted by molar-refractivity contribution is 5.93. The van der Waals surface area contributed by atoms with Gasteiger partial charge in [0.25, 0.3) is 5.91 Å². The lowest BCUT2D eigenvalue weighted by Crippen LogP contribution is -2.39. The number of halogens is 3. The summed E-state index contributed by atoms with van der Waals surface area (Å²) in [5.74, 6) is -1.11. The van der Waals surface area contributed by atoms with Gasteiger partial charge < -0.3 is 5.32 Å². The molecule has 1 atom stereocenters. The molecule has 4 aromatic heterocycles. The van der Waals surface area contributed by atoms with E-state index in [-0.39, 0.29) is 11.5 Å². The summed E-state index contributed by atoms with van der Waals surface area (Å²) in [6, 6.07) is 9.02. The van der Waals surface area contributed by atoms with E-state index in [1.165, 1.54) is 35.0 Å². The normalized spacial score (nSPS) is 12.7. The van der Waals surface area contributed by atoms with Gasteiger partial charge in [-0.2, -0.15) is 13.2 Å². The number of carbonyl (C=O) groups is 1. The van der Waals surface area contributed by atoms with E-state index >= 15 is 0 Å². The Balaban J connectivity index is 1.71. The molecule has 29 heavy (non-hydrogen) atoms. The molecule has 0 fully saturated rings. The van der Waals surface area contributed by atoms with Crippen LogP contribution < -0.4 is 5.32 Å². The van der Waals surface area contributed by atoms with Crippen molar-refractivity contribution in [3.63, 3.8) is 0 Å². The monoisotopic (exact) mass is 397 g/mol. The van der Waals surface area contributed by atoms with E-state index in [0.29, 0.717) is 5.52 Å². The van der Waals surface area contributed by atoms with Gasteiger partial charge in [0.05, 0.1) is 17.4 Å². The van der Waals surface area contributed by atoms with Crippen molar-refractivity contribution in [3.05, 3.63) is 85.0 Å².